The van der Waals surface area contributed by atoms with Crippen LogP contribution in [0.25, 0.3) is 0 Å². The van der Waals surface area contributed by atoms with Crippen LogP contribution in [0.15, 0.2) is 0 Å². The fraction of sp³-hybridized carbons (Fsp3) is 0.875. The number of likely N-dealkylation sites (tertiary alicyclic amines) is 1. The van der Waals surface area contributed by atoms with Crippen molar-refractivity contribution < 1.29 is 14.7 Å². The molecule has 6 nitrogen and oxygen atoms in total. The fourth-order valence-electron chi connectivity index (χ4n) is 4.25. The Balaban J connectivity index is 1.58. The Kier molecular flexibility index (Phi) is 4.98. The van der Waals surface area contributed by atoms with Gasteiger partial charge in [-0.3, -0.25) is 14.5 Å². The molecule has 1 aliphatic carbocycles. The van der Waals surface area contributed by atoms with Gasteiger partial charge in [0.1, 0.15) is 0 Å². The van der Waals surface area contributed by atoms with Gasteiger partial charge in [0.25, 0.3) is 0 Å². The van der Waals surface area contributed by atoms with Gasteiger partial charge in [-0.2, -0.15) is 0 Å². The third-order valence-corrected chi connectivity index (χ3v) is 5.42. The third-order valence-electron chi connectivity index (χ3n) is 5.42. The summed E-state index contributed by atoms with van der Waals surface area (Å²) < 4.78 is 0. The number of aliphatic hydroxyl groups excluding tert-OH is 1. The maximum Gasteiger partial charge on any atom is 0.239 e. The summed E-state index contributed by atoms with van der Waals surface area (Å²) in [5.41, 5.74) is 0. The van der Waals surface area contributed by atoms with E-state index in [4.69, 9.17) is 0 Å². The van der Waals surface area contributed by atoms with Gasteiger partial charge in [0.05, 0.1) is 19.2 Å². The number of nitrogens with one attached hydrogen (secondary N) is 1. The second kappa shape index (κ2) is 6.96. The Labute approximate surface area is 131 Å². The van der Waals surface area contributed by atoms with Crippen molar-refractivity contribution in [2.75, 3.05) is 32.7 Å². The highest BCUT2D eigenvalue weighted by Crippen LogP contribution is 2.34. The first-order valence-corrected chi connectivity index (χ1v) is 8.62. The zero-order chi connectivity index (χ0) is 15.5. The van der Waals surface area contributed by atoms with Gasteiger partial charge in [0.2, 0.25) is 11.8 Å². The fourth-order valence-corrected chi connectivity index (χ4v) is 4.25. The van der Waals surface area contributed by atoms with Crippen molar-refractivity contribution in [3.8, 4) is 0 Å². The van der Waals surface area contributed by atoms with Gasteiger partial charge in [-0.1, -0.05) is 12.8 Å². The number of aliphatic hydroxyl groups is 1. The Morgan fingerprint density at radius 1 is 1.18 bits per heavy atom. The van der Waals surface area contributed by atoms with E-state index >= 15 is 0 Å². The number of amides is 2. The van der Waals surface area contributed by atoms with E-state index in [1.165, 1.54) is 6.42 Å². The van der Waals surface area contributed by atoms with E-state index in [1.54, 1.807) is 4.90 Å². The van der Waals surface area contributed by atoms with Crippen molar-refractivity contribution in [1.29, 1.82) is 0 Å². The highest BCUT2D eigenvalue weighted by atomic mass is 16.3. The molecule has 124 valence electrons. The van der Waals surface area contributed by atoms with E-state index < -0.39 is 0 Å². The van der Waals surface area contributed by atoms with Gasteiger partial charge in [0.15, 0.2) is 0 Å². The summed E-state index contributed by atoms with van der Waals surface area (Å²) in [4.78, 5) is 27.8. The van der Waals surface area contributed by atoms with E-state index in [9.17, 15) is 14.7 Å². The average Bonchev–Trinajstić information content (AvgIpc) is 2.95. The minimum absolute atomic E-state index is 0.0482. The number of hydrogen-bond donors (Lipinski definition) is 2. The predicted octanol–water partition coefficient (Wildman–Crippen LogP) is -0.0397. The minimum Gasteiger partial charge on any atom is -0.393 e. The van der Waals surface area contributed by atoms with Crippen LogP contribution in [-0.4, -0.2) is 71.6 Å². The average molecular weight is 309 g/mol. The van der Waals surface area contributed by atoms with Crippen molar-refractivity contribution in [2.24, 2.45) is 5.92 Å². The maximum absolute atomic E-state index is 12.5. The zero-order valence-corrected chi connectivity index (χ0v) is 13.2. The molecule has 1 saturated carbocycles. The lowest BCUT2D eigenvalue weighted by Crippen LogP contribution is -2.53. The van der Waals surface area contributed by atoms with Crippen LogP contribution >= 0.6 is 0 Å². The molecule has 0 aromatic rings. The summed E-state index contributed by atoms with van der Waals surface area (Å²) in [5, 5.41) is 13.0. The Morgan fingerprint density at radius 2 is 2.00 bits per heavy atom. The Hall–Kier alpha value is -1.14. The molecule has 0 radical (unpaired) electrons. The molecular weight excluding hydrogens is 282 g/mol. The van der Waals surface area contributed by atoms with Crippen LogP contribution in [0.4, 0.5) is 0 Å². The van der Waals surface area contributed by atoms with Gasteiger partial charge in [-0.25, -0.2) is 0 Å². The smallest absolute Gasteiger partial charge is 0.239 e. The van der Waals surface area contributed by atoms with E-state index in [0.29, 0.717) is 31.6 Å². The van der Waals surface area contributed by atoms with E-state index in [0.717, 1.165) is 38.6 Å². The summed E-state index contributed by atoms with van der Waals surface area (Å²) in [5.74, 6) is 0.293. The largest absolute Gasteiger partial charge is 0.393 e. The molecule has 2 saturated heterocycles. The monoisotopic (exact) mass is 309 g/mol. The number of piperazine rings is 1. The van der Waals surface area contributed by atoms with Crippen LogP contribution in [0.1, 0.15) is 38.5 Å². The molecule has 0 bridgehead atoms. The molecule has 2 amide bonds. The van der Waals surface area contributed by atoms with Gasteiger partial charge >= 0.3 is 0 Å². The lowest BCUT2D eigenvalue weighted by molar-refractivity contribution is -0.139. The van der Waals surface area contributed by atoms with Gasteiger partial charge in [-0.15, -0.1) is 0 Å². The van der Waals surface area contributed by atoms with Crippen molar-refractivity contribution in [1.82, 2.24) is 15.1 Å². The number of rotatable bonds is 3. The molecule has 0 aromatic carbocycles. The summed E-state index contributed by atoms with van der Waals surface area (Å²) in [7, 11) is 0. The van der Waals surface area contributed by atoms with Crippen LogP contribution in [0.5, 0.6) is 0 Å². The van der Waals surface area contributed by atoms with Gasteiger partial charge < -0.3 is 15.3 Å². The predicted molar refractivity (Wildman–Crippen MR) is 82.1 cm³/mol. The Bertz CT molecular complexity index is 429. The number of nitrogens with zero attached hydrogens (tertiary/aromatic N) is 2. The second-order valence-electron chi connectivity index (χ2n) is 6.86. The number of hydrogen-bond acceptors (Lipinski definition) is 4. The standard InChI is InChI=1S/C16H27N3O3/c20-14-6-2-1-4-12(14)13-5-3-8-18(13)11-16(22)19-9-7-17-15(21)10-19/h12-14,20H,1-11H2,(H,17,21)/t12-,13+,14+/m0/s1. The van der Waals surface area contributed by atoms with Gasteiger partial charge in [-0.05, 0) is 32.2 Å². The molecule has 6 heteroatoms. The molecule has 3 fully saturated rings. The van der Waals surface area contributed by atoms with Crippen molar-refractivity contribution >= 4 is 11.8 Å². The molecule has 2 N–H and O–H groups in total. The van der Waals surface area contributed by atoms with Crippen molar-refractivity contribution in [3.63, 3.8) is 0 Å². The van der Waals surface area contributed by atoms with E-state index in [2.05, 4.69) is 10.2 Å². The van der Waals surface area contributed by atoms with Crippen LogP contribution in [0.3, 0.4) is 0 Å². The van der Waals surface area contributed by atoms with Crippen molar-refractivity contribution in [2.45, 2.75) is 50.7 Å². The topological polar surface area (TPSA) is 72.9 Å². The minimum atomic E-state index is -0.213. The molecule has 0 unspecified atom stereocenters. The quantitative estimate of drug-likeness (QED) is 0.767. The highest BCUT2D eigenvalue weighted by molar-refractivity contribution is 5.86. The third kappa shape index (κ3) is 3.43. The molecule has 2 aliphatic heterocycles. The first kappa shape index (κ1) is 15.7. The molecule has 22 heavy (non-hydrogen) atoms. The first-order valence-electron chi connectivity index (χ1n) is 8.62. The molecular formula is C16H27N3O3. The molecule has 0 aromatic heterocycles. The lowest BCUT2D eigenvalue weighted by atomic mass is 9.80. The van der Waals surface area contributed by atoms with E-state index in [-0.39, 0.29) is 24.5 Å². The summed E-state index contributed by atoms with van der Waals surface area (Å²) in [6, 6.07) is 0.331. The normalized spacial score (nSPS) is 33.8. The molecule has 0 spiro atoms. The SMILES string of the molecule is O=C1CN(C(=O)CN2CCC[C@@H]2[C@@H]2CCCC[C@H]2O)CCN1. The second-order valence-corrected chi connectivity index (χ2v) is 6.86. The lowest BCUT2D eigenvalue weighted by Gasteiger charge is -2.38. The first-order chi connectivity index (χ1) is 10.6. The number of carbonyl (C=O) groups is 2. The number of carbonyl (C=O) groups excluding carboxylic acids is 2. The van der Waals surface area contributed by atoms with Crippen molar-refractivity contribution in [3.05, 3.63) is 0 Å². The van der Waals surface area contributed by atoms with Gasteiger partial charge in [0, 0.05) is 25.0 Å². The summed E-state index contributed by atoms with van der Waals surface area (Å²) in [6.07, 6.45) is 6.24. The molecule has 3 aliphatic rings. The van der Waals surface area contributed by atoms with Crippen LogP contribution < -0.4 is 5.32 Å². The van der Waals surface area contributed by atoms with E-state index in [1.807, 2.05) is 0 Å². The summed E-state index contributed by atoms with van der Waals surface area (Å²) in [6.45, 7) is 2.66. The summed E-state index contributed by atoms with van der Waals surface area (Å²) >= 11 is 0. The zero-order valence-electron chi connectivity index (χ0n) is 13.2. The Morgan fingerprint density at radius 3 is 2.77 bits per heavy atom. The van der Waals surface area contributed by atoms with Crippen LogP contribution in [0, 0.1) is 5.92 Å². The maximum atomic E-state index is 12.5. The highest BCUT2D eigenvalue weighted by Gasteiger charge is 2.38. The molecule has 3 rings (SSSR count). The molecule has 3 atom stereocenters. The van der Waals surface area contributed by atoms with Crippen LogP contribution in [-0.2, 0) is 9.59 Å². The molecule has 2 heterocycles. The van der Waals surface area contributed by atoms with Crippen LogP contribution in [0.2, 0.25) is 0 Å².